The summed E-state index contributed by atoms with van der Waals surface area (Å²) in [5.41, 5.74) is 3.66. The summed E-state index contributed by atoms with van der Waals surface area (Å²) in [7, 11) is 1.69. The molecule has 2 fully saturated rings. The highest BCUT2D eigenvalue weighted by molar-refractivity contribution is 6.05. The van der Waals surface area contributed by atoms with Crippen molar-refractivity contribution in [3.8, 4) is 5.75 Å². The van der Waals surface area contributed by atoms with E-state index in [1.165, 1.54) is 5.56 Å². The standard InChI is InChI=1S/C30H38N4O6/c1-38-17-18-39-16-15-32-11-13-33(14-12-32)19-22-5-7-23(8-6-22)21-40-27-4-2-3-24-25(27)20-34(30(24)37)26-9-10-28(35)31-29(26)36/h2-8,26H,9-21H2,1H3,(H,31,35,36)/t26-/m0/s1. The number of methoxy groups -OCH3 is 1. The quantitative estimate of drug-likeness (QED) is 0.316. The number of piperidine rings is 1. The number of amides is 3. The van der Waals surface area contributed by atoms with Gasteiger partial charge in [0.1, 0.15) is 18.4 Å². The van der Waals surface area contributed by atoms with Gasteiger partial charge in [0.15, 0.2) is 0 Å². The molecular weight excluding hydrogens is 512 g/mol. The summed E-state index contributed by atoms with van der Waals surface area (Å²) in [4.78, 5) is 43.4. The zero-order valence-electron chi connectivity index (χ0n) is 23.1. The van der Waals surface area contributed by atoms with E-state index < -0.39 is 11.9 Å². The van der Waals surface area contributed by atoms with Crippen LogP contribution in [0.15, 0.2) is 42.5 Å². The fraction of sp³-hybridized carbons (Fsp3) is 0.500. The van der Waals surface area contributed by atoms with Crippen molar-refractivity contribution in [1.29, 1.82) is 0 Å². The smallest absolute Gasteiger partial charge is 0.255 e. The molecule has 3 aliphatic heterocycles. The van der Waals surface area contributed by atoms with Crippen LogP contribution >= 0.6 is 0 Å². The molecule has 40 heavy (non-hydrogen) atoms. The molecule has 0 aromatic heterocycles. The SMILES string of the molecule is COCCOCCN1CCN(Cc2ccc(COc3cccc4c3CN([C@H]3CCC(=O)NC3=O)C4=O)cc2)CC1. The van der Waals surface area contributed by atoms with Crippen molar-refractivity contribution in [2.24, 2.45) is 0 Å². The number of hydrogen-bond acceptors (Lipinski definition) is 8. The molecule has 0 bridgehead atoms. The van der Waals surface area contributed by atoms with Gasteiger partial charge in [-0.15, -0.1) is 0 Å². The molecule has 2 aromatic carbocycles. The third-order valence-corrected chi connectivity index (χ3v) is 7.81. The van der Waals surface area contributed by atoms with Gasteiger partial charge in [-0.25, -0.2) is 0 Å². The molecule has 0 unspecified atom stereocenters. The van der Waals surface area contributed by atoms with Crippen molar-refractivity contribution in [3.05, 3.63) is 64.7 Å². The minimum Gasteiger partial charge on any atom is -0.489 e. The summed E-state index contributed by atoms with van der Waals surface area (Å²) in [5, 5.41) is 2.34. The van der Waals surface area contributed by atoms with Crippen LogP contribution in [0.3, 0.4) is 0 Å². The Labute approximate surface area is 235 Å². The zero-order valence-corrected chi connectivity index (χ0v) is 23.1. The Morgan fingerprint density at radius 1 is 0.900 bits per heavy atom. The average Bonchev–Trinajstić information content (AvgIpc) is 3.30. The highest BCUT2D eigenvalue weighted by Crippen LogP contribution is 2.34. The van der Waals surface area contributed by atoms with Gasteiger partial charge in [-0.1, -0.05) is 30.3 Å². The largest absolute Gasteiger partial charge is 0.489 e. The highest BCUT2D eigenvalue weighted by atomic mass is 16.5. The lowest BCUT2D eigenvalue weighted by atomic mass is 10.0. The van der Waals surface area contributed by atoms with Crippen molar-refractivity contribution in [3.63, 3.8) is 0 Å². The Bertz CT molecular complexity index is 1200. The fourth-order valence-corrected chi connectivity index (χ4v) is 5.46. The molecule has 2 saturated heterocycles. The number of imide groups is 1. The maximum atomic E-state index is 13.0. The lowest BCUT2D eigenvalue weighted by Gasteiger charge is -2.34. The minimum absolute atomic E-state index is 0.199. The number of nitrogens with zero attached hydrogens (tertiary/aromatic N) is 3. The molecular formula is C30H38N4O6. The molecule has 0 spiro atoms. The van der Waals surface area contributed by atoms with E-state index >= 15 is 0 Å². The number of nitrogens with one attached hydrogen (secondary N) is 1. The van der Waals surface area contributed by atoms with Crippen LogP contribution < -0.4 is 10.1 Å². The van der Waals surface area contributed by atoms with Crippen LogP contribution in [0.5, 0.6) is 5.75 Å². The monoisotopic (exact) mass is 550 g/mol. The molecule has 3 amide bonds. The molecule has 10 heteroatoms. The van der Waals surface area contributed by atoms with Crippen LogP contribution in [0.25, 0.3) is 0 Å². The van der Waals surface area contributed by atoms with Gasteiger partial charge < -0.3 is 19.1 Å². The number of carbonyl (C=O) groups excluding carboxylic acids is 3. The van der Waals surface area contributed by atoms with Crippen LogP contribution in [0.4, 0.5) is 0 Å². The zero-order chi connectivity index (χ0) is 27.9. The van der Waals surface area contributed by atoms with E-state index in [-0.39, 0.29) is 18.2 Å². The maximum absolute atomic E-state index is 13.0. The molecule has 10 nitrogen and oxygen atoms in total. The molecule has 2 aromatic rings. The molecule has 0 saturated carbocycles. The molecule has 1 atom stereocenters. The van der Waals surface area contributed by atoms with E-state index in [1.54, 1.807) is 24.1 Å². The van der Waals surface area contributed by atoms with Crippen LogP contribution in [0.2, 0.25) is 0 Å². The van der Waals surface area contributed by atoms with Crippen molar-refractivity contribution < 1.29 is 28.6 Å². The Morgan fingerprint density at radius 3 is 2.40 bits per heavy atom. The highest BCUT2D eigenvalue weighted by Gasteiger charge is 2.40. The lowest BCUT2D eigenvalue weighted by molar-refractivity contribution is -0.136. The van der Waals surface area contributed by atoms with E-state index in [0.29, 0.717) is 44.1 Å². The summed E-state index contributed by atoms with van der Waals surface area (Å²) in [6, 6.07) is 13.3. The fourth-order valence-electron chi connectivity index (χ4n) is 5.46. The number of piperazine rings is 1. The number of ether oxygens (including phenoxy) is 3. The first-order chi connectivity index (χ1) is 19.5. The van der Waals surface area contributed by atoms with Crippen molar-refractivity contribution in [2.45, 2.75) is 38.6 Å². The second kappa shape index (κ2) is 13.4. The third-order valence-electron chi connectivity index (χ3n) is 7.81. The minimum atomic E-state index is -0.638. The summed E-state index contributed by atoms with van der Waals surface area (Å²) in [5.74, 6) is -0.258. The van der Waals surface area contributed by atoms with E-state index in [0.717, 1.165) is 57.0 Å². The van der Waals surface area contributed by atoms with Gasteiger partial charge in [-0.2, -0.15) is 0 Å². The van der Waals surface area contributed by atoms with Crippen LogP contribution in [-0.2, 0) is 38.8 Å². The van der Waals surface area contributed by atoms with Crippen LogP contribution in [-0.4, -0.2) is 98.1 Å². The predicted octanol–water partition coefficient (Wildman–Crippen LogP) is 1.81. The first kappa shape index (κ1) is 28.2. The number of fused-ring (bicyclic) bond motifs is 1. The van der Waals surface area contributed by atoms with Gasteiger partial charge in [0.05, 0.1) is 26.4 Å². The molecule has 214 valence electrons. The van der Waals surface area contributed by atoms with Gasteiger partial charge in [0.25, 0.3) is 5.91 Å². The van der Waals surface area contributed by atoms with E-state index in [4.69, 9.17) is 14.2 Å². The second-order valence-electron chi connectivity index (χ2n) is 10.5. The number of hydrogen-bond donors (Lipinski definition) is 1. The number of benzene rings is 2. The lowest BCUT2D eigenvalue weighted by Crippen LogP contribution is -2.52. The molecule has 3 heterocycles. The van der Waals surface area contributed by atoms with E-state index in [9.17, 15) is 14.4 Å². The topological polar surface area (TPSA) is 101 Å². The van der Waals surface area contributed by atoms with Gasteiger partial charge in [0, 0.05) is 63.9 Å². The summed E-state index contributed by atoms with van der Waals surface area (Å²) < 4.78 is 16.8. The second-order valence-corrected chi connectivity index (χ2v) is 10.5. The molecule has 1 N–H and O–H groups in total. The molecule has 0 radical (unpaired) electrons. The normalized spacial score (nSPS) is 20.1. The molecule has 3 aliphatic rings. The van der Waals surface area contributed by atoms with Gasteiger partial charge in [0.2, 0.25) is 11.8 Å². The predicted molar refractivity (Wildman–Crippen MR) is 148 cm³/mol. The Kier molecular flexibility index (Phi) is 9.43. The maximum Gasteiger partial charge on any atom is 0.255 e. The van der Waals surface area contributed by atoms with Crippen LogP contribution in [0.1, 0.15) is 39.9 Å². The van der Waals surface area contributed by atoms with Gasteiger partial charge in [-0.3, -0.25) is 29.5 Å². The van der Waals surface area contributed by atoms with Crippen molar-refractivity contribution in [1.82, 2.24) is 20.0 Å². The van der Waals surface area contributed by atoms with E-state index in [1.807, 2.05) is 6.07 Å². The van der Waals surface area contributed by atoms with E-state index in [2.05, 4.69) is 39.4 Å². The molecule has 0 aliphatic carbocycles. The molecule has 5 rings (SSSR count). The Hall–Kier alpha value is -3.31. The van der Waals surface area contributed by atoms with Crippen LogP contribution in [0, 0.1) is 0 Å². The Morgan fingerprint density at radius 2 is 1.65 bits per heavy atom. The van der Waals surface area contributed by atoms with Gasteiger partial charge in [-0.05, 0) is 29.7 Å². The van der Waals surface area contributed by atoms with Crippen molar-refractivity contribution >= 4 is 17.7 Å². The summed E-state index contributed by atoms with van der Waals surface area (Å²) >= 11 is 0. The summed E-state index contributed by atoms with van der Waals surface area (Å²) in [6.07, 6.45) is 0.574. The first-order valence-electron chi connectivity index (χ1n) is 14.0. The third kappa shape index (κ3) is 6.87. The first-order valence-corrected chi connectivity index (χ1v) is 14.0. The van der Waals surface area contributed by atoms with Crippen molar-refractivity contribution in [2.75, 3.05) is 59.7 Å². The Balaban J connectivity index is 1.09. The number of rotatable bonds is 12. The average molecular weight is 551 g/mol. The van der Waals surface area contributed by atoms with Gasteiger partial charge >= 0.3 is 0 Å². The number of carbonyl (C=O) groups is 3. The summed E-state index contributed by atoms with van der Waals surface area (Å²) in [6.45, 7) is 8.75.